The van der Waals surface area contributed by atoms with Gasteiger partial charge in [0, 0.05) is 35.7 Å². The van der Waals surface area contributed by atoms with Gasteiger partial charge in [-0.25, -0.2) is 0 Å². The van der Waals surface area contributed by atoms with E-state index < -0.39 is 0 Å². The van der Waals surface area contributed by atoms with E-state index in [0.717, 1.165) is 37.1 Å². The Hall–Kier alpha value is -0.580. The zero-order valence-corrected chi connectivity index (χ0v) is 13.3. The minimum atomic E-state index is -0.210. The van der Waals surface area contributed by atoms with Crippen molar-refractivity contribution in [2.24, 2.45) is 5.92 Å². The van der Waals surface area contributed by atoms with Gasteiger partial charge in [0.1, 0.15) is 0 Å². The molecule has 3 nitrogen and oxygen atoms in total. The molecule has 2 N–H and O–H groups in total. The number of benzene rings is 1. The summed E-state index contributed by atoms with van der Waals surface area (Å²) >= 11 is 3.55. The van der Waals surface area contributed by atoms with Gasteiger partial charge in [0.15, 0.2) is 0 Å². The molecule has 0 spiro atoms. The summed E-state index contributed by atoms with van der Waals surface area (Å²) < 4.78 is 1.12. The second-order valence-corrected chi connectivity index (χ2v) is 6.20. The lowest BCUT2D eigenvalue weighted by molar-refractivity contribution is 0.136. The predicted octanol–water partition coefficient (Wildman–Crippen LogP) is 2.77. The SMILES string of the molecule is CCNCc1cc(Br)ccc1N1CCC(C(C)O)C1. The number of hydrogen-bond acceptors (Lipinski definition) is 3. The number of aliphatic hydroxyl groups is 1. The van der Waals surface area contributed by atoms with Crippen molar-refractivity contribution in [3.8, 4) is 0 Å². The number of halogens is 1. The lowest BCUT2D eigenvalue weighted by atomic mass is 10.0. The van der Waals surface area contributed by atoms with Gasteiger partial charge in [-0.05, 0) is 43.7 Å². The Balaban J connectivity index is 2.15. The summed E-state index contributed by atoms with van der Waals surface area (Å²) in [5.74, 6) is 0.399. The third-order valence-electron chi connectivity index (χ3n) is 3.85. The summed E-state index contributed by atoms with van der Waals surface area (Å²) in [4.78, 5) is 2.40. The van der Waals surface area contributed by atoms with E-state index in [0.29, 0.717) is 5.92 Å². The fourth-order valence-corrected chi connectivity index (χ4v) is 3.07. The maximum Gasteiger partial charge on any atom is 0.0557 e. The fraction of sp³-hybridized carbons (Fsp3) is 0.600. The Labute approximate surface area is 124 Å². The van der Waals surface area contributed by atoms with E-state index in [2.05, 4.69) is 51.3 Å². The van der Waals surface area contributed by atoms with Crippen LogP contribution in [0.2, 0.25) is 0 Å². The summed E-state index contributed by atoms with van der Waals surface area (Å²) in [7, 11) is 0. The van der Waals surface area contributed by atoms with Crippen molar-refractivity contribution in [1.82, 2.24) is 5.32 Å². The average Bonchev–Trinajstić information content (AvgIpc) is 2.86. The highest BCUT2D eigenvalue weighted by Crippen LogP contribution is 2.30. The van der Waals surface area contributed by atoms with Crippen LogP contribution in [-0.4, -0.2) is 30.8 Å². The molecule has 1 aliphatic rings. The van der Waals surface area contributed by atoms with Crippen LogP contribution in [0.25, 0.3) is 0 Å². The molecule has 1 aromatic rings. The summed E-state index contributed by atoms with van der Waals surface area (Å²) in [5, 5.41) is 13.1. The first-order valence-electron chi connectivity index (χ1n) is 7.04. The van der Waals surface area contributed by atoms with Gasteiger partial charge in [-0.15, -0.1) is 0 Å². The van der Waals surface area contributed by atoms with Crippen LogP contribution in [0, 0.1) is 5.92 Å². The van der Waals surface area contributed by atoms with E-state index in [1.165, 1.54) is 11.3 Å². The Bertz CT molecular complexity index is 423. The third kappa shape index (κ3) is 3.71. The van der Waals surface area contributed by atoms with Crippen LogP contribution >= 0.6 is 15.9 Å². The van der Waals surface area contributed by atoms with E-state index >= 15 is 0 Å². The van der Waals surface area contributed by atoms with Crippen LogP contribution in [0.15, 0.2) is 22.7 Å². The lowest BCUT2D eigenvalue weighted by Gasteiger charge is -2.23. The summed E-state index contributed by atoms with van der Waals surface area (Å²) in [5.41, 5.74) is 2.62. The van der Waals surface area contributed by atoms with Crippen molar-refractivity contribution in [2.75, 3.05) is 24.5 Å². The summed E-state index contributed by atoms with van der Waals surface area (Å²) in [6.45, 7) is 7.88. The normalized spacial score (nSPS) is 20.8. The van der Waals surface area contributed by atoms with Gasteiger partial charge in [-0.3, -0.25) is 0 Å². The molecule has 1 fully saturated rings. The summed E-state index contributed by atoms with van der Waals surface area (Å²) in [6, 6.07) is 6.47. The molecule has 1 heterocycles. The van der Waals surface area contributed by atoms with Gasteiger partial charge in [-0.2, -0.15) is 0 Å². The third-order valence-corrected chi connectivity index (χ3v) is 4.35. The van der Waals surface area contributed by atoms with Crippen molar-refractivity contribution in [3.63, 3.8) is 0 Å². The van der Waals surface area contributed by atoms with Gasteiger partial charge in [0.25, 0.3) is 0 Å². The minimum absolute atomic E-state index is 0.210. The molecule has 2 unspecified atom stereocenters. The molecule has 0 aromatic heterocycles. The first-order chi connectivity index (χ1) is 9.11. The molecular formula is C15H23BrN2O. The van der Waals surface area contributed by atoms with Gasteiger partial charge >= 0.3 is 0 Å². The van der Waals surface area contributed by atoms with Crippen LogP contribution in [0.5, 0.6) is 0 Å². The molecule has 2 rings (SSSR count). The highest BCUT2D eigenvalue weighted by molar-refractivity contribution is 9.10. The van der Waals surface area contributed by atoms with Crippen molar-refractivity contribution >= 4 is 21.6 Å². The maximum absolute atomic E-state index is 9.73. The van der Waals surface area contributed by atoms with Crippen molar-refractivity contribution in [3.05, 3.63) is 28.2 Å². The number of rotatable bonds is 5. The fourth-order valence-electron chi connectivity index (χ4n) is 2.66. The summed E-state index contributed by atoms with van der Waals surface area (Å²) in [6.07, 6.45) is 0.867. The van der Waals surface area contributed by atoms with Crippen LogP contribution in [0.1, 0.15) is 25.8 Å². The van der Waals surface area contributed by atoms with Crippen molar-refractivity contribution in [1.29, 1.82) is 0 Å². The lowest BCUT2D eigenvalue weighted by Crippen LogP contribution is -2.25. The second-order valence-electron chi connectivity index (χ2n) is 5.29. The van der Waals surface area contributed by atoms with Gasteiger partial charge in [0.2, 0.25) is 0 Å². The highest BCUT2D eigenvalue weighted by atomic mass is 79.9. The first kappa shape index (κ1) is 14.8. The Morgan fingerprint density at radius 1 is 1.53 bits per heavy atom. The van der Waals surface area contributed by atoms with E-state index in [-0.39, 0.29) is 6.10 Å². The van der Waals surface area contributed by atoms with E-state index in [9.17, 15) is 5.11 Å². The minimum Gasteiger partial charge on any atom is -0.393 e. The monoisotopic (exact) mass is 326 g/mol. The smallest absolute Gasteiger partial charge is 0.0557 e. The molecule has 0 amide bonds. The number of anilines is 1. The number of nitrogens with one attached hydrogen (secondary N) is 1. The Morgan fingerprint density at radius 2 is 2.32 bits per heavy atom. The average molecular weight is 327 g/mol. The Morgan fingerprint density at radius 3 is 2.95 bits per heavy atom. The first-order valence-corrected chi connectivity index (χ1v) is 7.83. The molecule has 0 aliphatic carbocycles. The molecule has 19 heavy (non-hydrogen) atoms. The quantitative estimate of drug-likeness (QED) is 0.873. The van der Waals surface area contributed by atoms with Gasteiger partial charge in [-0.1, -0.05) is 22.9 Å². The molecule has 4 heteroatoms. The number of hydrogen-bond donors (Lipinski definition) is 2. The van der Waals surface area contributed by atoms with E-state index in [1.54, 1.807) is 0 Å². The van der Waals surface area contributed by atoms with Crippen LogP contribution in [-0.2, 0) is 6.54 Å². The zero-order valence-electron chi connectivity index (χ0n) is 11.7. The molecule has 1 aromatic carbocycles. The van der Waals surface area contributed by atoms with Gasteiger partial charge < -0.3 is 15.3 Å². The van der Waals surface area contributed by atoms with E-state index in [4.69, 9.17) is 0 Å². The van der Waals surface area contributed by atoms with Crippen molar-refractivity contribution < 1.29 is 5.11 Å². The molecule has 1 aliphatic heterocycles. The van der Waals surface area contributed by atoms with E-state index in [1.807, 2.05) is 6.92 Å². The maximum atomic E-state index is 9.73. The van der Waals surface area contributed by atoms with Crippen molar-refractivity contribution in [2.45, 2.75) is 32.9 Å². The standard InChI is InChI=1S/C15H23BrN2O/c1-3-17-9-13-8-14(16)4-5-15(13)18-7-6-12(10-18)11(2)19/h4-5,8,11-12,17,19H,3,6-7,9-10H2,1-2H3. The van der Waals surface area contributed by atoms with Crippen LogP contribution < -0.4 is 10.2 Å². The molecule has 2 atom stereocenters. The molecule has 1 saturated heterocycles. The molecule has 0 saturated carbocycles. The number of aliphatic hydroxyl groups excluding tert-OH is 1. The molecular weight excluding hydrogens is 304 g/mol. The zero-order chi connectivity index (χ0) is 13.8. The largest absolute Gasteiger partial charge is 0.393 e. The topological polar surface area (TPSA) is 35.5 Å². The predicted molar refractivity (Wildman–Crippen MR) is 83.5 cm³/mol. The molecule has 0 radical (unpaired) electrons. The van der Waals surface area contributed by atoms with Gasteiger partial charge in [0.05, 0.1) is 6.10 Å². The second kappa shape index (κ2) is 6.73. The molecule has 106 valence electrons. The van der Waals surface area contributed by atoms with Crippen LogP contribution in [0.4, 0.5) is 5.69 Å². The highest BCUT2D eigenvalue weighted by Gasteiger charge is 2.27. The molecule has 0 bridgehead atoms. The number of nitrogens with zero attached hydrogens (tertiary/aromatic N) is 1. The van der Waals surface area contributed by atoms with Crippen LogP contribution in [0.3, 0.4) is 0 Å². The Kier molecular flexibility index (Phi) is 5.25.